The fraction of sp³-hybridized carbons (Fsp3) is 0.409. The van der Waals surface area contributed by atoms with Crippen LogP contribution in [0.5, 0.6) is 0 Å². The second-order valence-corrected chi connectivity index (χ2v) is 7.86. The zero-order valence-electron chi connectivity index (χ0n) is 17.6. The lowest BCUT2D eigenvalue weighted by atomic mass is 10.1. The molecule has 0 spiro atoms. The van der Waals surface area contributed by atoms with Crippen LogP contribution in [0, 0.1) is 23.0 Å². The number of methoxy groups -OCH3 is 2. The molecule has 0 aliphatic carbocycles. The molecule has 0 unspecified atom stereocenters. The van der Waals surface area contributed by atoms with E-state index in [1.54, 1.807) is 26.4 Å². The van der Waals surface area contributed by atoms with Crippen molar-refractivity contribution in [2.75, 3.05) is 45.3 Å². The van der Waals surface area contributed by atoms with Gasteiger partial charge in [0.05, 0.1) is 34.0 Å². The Morgan fingerprint density at radius 2 is 1.74 bits per heavy atom. The van der Waals surface area contributed by atoms with Gasteiger partial charge in [0.15, 0.2) is 0 Å². The number of ether oxygens (including phenoxy) is 2. The van der Waals surface area contributed by atoms with E-state index in [1.807, 2.05) is 11.0 Å². The Morgan fingerprint density at radius 1 is 1.10 bits per heavy atom. The molecule has 0 amide bonds. The van der Waals surface area contributed by atoms with Gasteiger partial charge in [-0.25, -0.2) is 8.78 Å². The summed E-state index contributed by atoms with van der Waals surface area (Å²) in [5, 5.41) is 11.4. The van der Waals surface area contributed by atoms with Crippen molar-refractivity contribution in [3.05, 3.63) is 63.6 Å². The maximum Gasteiger partial charge on any atom is 0.146 e. The number of rotatable bonds is 4. The zero-order valence-corrected chi connectivity index (χ0v) is 19.2. The lowest BCUT2D eigenvalue weighted by Crippen LogP contribution is -2.52. The van der Waals surface area contributed by atoms with E-state index in [2.05, 4.69) is 21.2 Å². The van der Waals surface area contributed by atoms with Crippen LogP contribution < -0.4 is 16.0 Å². The molecule has 2 fully saturated rings. The van der Waals surface area contributed by atoms with Crippen LogP contribution in [0.1, 0.15) is 11.1 Å². The zero-order chi connectivity index (χ0) is 22.8. The minimum absolute atomic E-state index is 0.193. The van der Waals surface area contributed by atoms with E-state index < -0.39 is 0 Å². The van der Waals surface area contributed by atoms with Crippen molar-refractivity contribution in [1.29, 1.82) is 5.26 Å². The Kier molecular flexibility index (Phi) is 10.3. The average Bonchev–Trinajstić information content (AvgIpc) is 2.71. The lowest BCUT2D eigenvalue weighted by molar-refractivity contribution is 0.0600. The maximum atomic E-state index is 13.5. The largest absolute Gasteiger partial charge is 0.379 e. The highest BCUT2D eigenvalue weighted by molar-refractivity contribution is 9.10. The molecule has 9 heteroatoms. The molecule has 0 saturated carbocycles. The number of nitrogens with one attached hydrogen (secondary N) is 1. The maximum absolute atomic E-state index is 13.5. The van der Waals surface area contributed by atoms with Gasteiger partial charge in [0.1, 0.15) is 11.6 Å². The second kappa shape index (κ2) is 12.7. The summed E-state index contributed by atoms with van der Waals surface area (Å²) < 4.78 is 36.4. The fourth-order valence-electron chi connectivity index (χ4n) is 2.71. The van der Waals surface area contributed by atoms with Crippen molar-refractivity contribution < 1.29 is 18.3 Å². The van der Waals surface area contributed by atoms with Gasteiger partial charge in [-0.1, -0.05) is 6.07 Å². The molecule has 4 rings (SSSR count). The monoisotopic (exact) mass is 496 g/mol. The standard InChI is InChI=1S/C11H15FN2O.C7H3BrFN.C4H9NO/c1-15-9-6-14(7-9)11-4-8(5-13)2-3-10(11)12;8-6-3-5(4-10)1-2-7(6)9;1-6-4-2-5-3-4/h2-4,9H,5-7,13H2,1H3;1-3H;4-5H,2-3H2,1H3. The van der Waals surface area contributed by atoms with Crippen molar-refractivity contribution >= 4 is 21.6 Å². The van der Waals surface area contributed by atoms with E-state index in [0.29, 0.717) is 28.4 Å². The first-order valence-electron chi connectivity index (χ1n) is 9.76. The molecule has 6 nitrogen and oxygen atoms in total. The van der Waals surface area contributed by atoms with Gasteiger partial charge in [0.2, 0.25) is 0 Å². The molecule has 0 bridgehead atoms. The molecule has 3 N–H and O–H groups in total. The van der Waals surface area contributed by atoms with Crippen molar-refractivity contribution in [2.45, 2.75) is 18.8 Å². The number of hydrogen-bond donors (Lipinski definition) is 2. The molecule has 2 saturated heterocycles. The Hall–Kier alpha value is -2.09. The molecule has 0 aromatic heterocycles. The van der Waals surface area contributed by atoms with Gasteiger partial charge >= 0.3 is 0 Å². The van der Waals surface area contributed by atoms with Gasteiger partial charge in [0, 0.05) is 46.9 Å². The van der Waals surface area contributed by atoms with E-state index >= 15 is 0 Å². The Labute approximate surface area is 190 Å². The molecule has 0 radical (unpaired) electrons. The third kappa shape index (κ3) is 7.52. The number of nitriles is 1. The van der Waals surface area contributed by atoms with Crippen molar-refractivity contribution in [2.24, 2.45) is 5.73 Å². The van der Waals surface area contributed by atoms with E-state index in [-0.39, 0.29) is 17.7 Å². The van der Waals surface area contributed by atoms with Crippen LogP contribution in [-0.4, -0.2) is 52.6 Å². The Morgan fingerprint density at radius 3 is 2.19 bits per heavy atom. The molecule has 2 aromatic carbocycles. The minimum Gasteiger partial charge on any atom is -0.379 e. The molecule has 0 atom stereocenters. The number of nitrogens with zero attached hydrogens (tertiary/aromatic N) is 2. The van der Waals surface area contributed by atoms with E-state index in [0.717, 1.165) is 31.7 Å². The van der Waals surface area contributed by atoms with Crippen LogP contribution in [-0.2, 0) is 16.0 Å². The highest BCUT2D eigenvalue weighted by Gasteiger charge is 2.28. The third-order valence-corrected chi connectivity index (χ3v) is 5.50. The minimum atomic E-state index is -0.348. The lowest BCUT2D eigenvalue weighted by Gasteiger charge is -2.40. The fourth-order valence-corrected chi connectivity index (χ4v) is 3.08. The van der Waals surface area contributed by atoms with Gasteiger partial charge in [-0.15, -0.1) is 0 Å². The van der Waals surface area contributed by atoms with Crippen molar-refractivity contribution in [1.82, 2.24) is 5.32 Å². The normalized spacial score (nSPS) is 15.5. The summed E-state index contributed by atoms with van der Waals surface area (Å²) in [4.78, 5) is 1.96. The Balaban J connectivity index is 0.000000183. The van der Waals surface area contributed by atoms with Crippen LogP contribution in [0.15, 0.2) is 40.9 Å². The summed E-state index contributed by atoms with van der Waals surface area (Å²) in [7, 11) is 3.42. The topological polar surface area (TPSA) is 83.5 Å². The highest BCUT2D eigenvalue weighted by atomic mass is 79.9. The molecule has 31 heavy (non-hydrogen) atoms. The summed E-state index contributed by atoms with van der Waals surface area (Å²) >= 11 is 2.96. The SMILES string of the molecule is COC1CN(c2cc(CN)ccc2F)C1.COC1CNC1.N#Cc1ccc(F)c(Br)c1. The predicted molar refractivity (Wildman–Crippen MR) is 120 cm³/mol. The van der Waals surface area contributed by atoms with E-state index in [4.69, 9.17) is 20.5 Å². The number of benzene rings is 2. The summed E-state index contributed by atoms with van der Waals surface area (Å²) in [6, 6.07) is 11.0. The molecule has 2 aliphatic rings. The molecular formula is C22H27BrF2N4O2. The highest BCUT2D eigenvalue weighted by Crippen LogP contribution is 2.26. The first-order chi connectivity index (χ1) is 14.9. The van der Waals surface area contributed by atoms with Crippen LogP contribution in [0.2, 0.25) is 0 Å². The second-order valence-electron chi connectivity index (χ2n) is 7.01. The van der Waals surface area contributed by atoms with Crippen molar-refractivity contribution in [3.63, 3.8) is 0 Å². The summed E-state index contributed by atoms with van der Waals surface area (Å²) in [5.41, 5.74) is 7.55. The van der Waals surface area contributed by atoms with Gasteiger partial charge in [0.25, 0.3) is 0 Å². The van der Waals surface area contributed by atoms with Gasteiger partial charge in [-0.2, -0.15) is 5.26 Å². The molecule has 168 valence electrons. The smallest absolute Gasteiger partial charge is 0.146 e. The van der Waals surface area contributed by atoms with Gasteiger partial charge in [-0.05, 0) is 51.8 Å². The molecular weight excluding hydrogens is 470 g/mol. The Bertz CT molecular complexity index is 882. The molecule has 2 aliphatic heterocycles. The van der Waals surface area contributed by atoms with E-state index in [1.165, 1.54) is 24.3 Å². The van der Waals surface area contributed by atoms with Crippen LogP contribution in [0.4, 0.5) is 14.5 Å². The number of nitrogens with two attached hydrogens (primary N) is 1. The molecule has 2 aromatic rings. The first kappa shape index (κ1) is 25.2. The van der Waals surface area contributed by atoms with Crippen LogP contribution >= 0.6 is 15.9 Å². The van der Waals surface area contributed by atoms with Gasteiger partial charge in [-0.3, -0.25) is 0 Å². The quantitative estimate of drug-likeness (QED) is 0.676. The van der Waals surface area contributed by atoms with Crippen LogP contribution in [0.3, 0.4) is 0 Å². The first-order valence-corrected chi connectivity index (χ1v) is 10.6. The van der Waals surface area contributed by atoms with E-state index in [9.17, 15) is 8.78 Å². The molecule has 2 heterocycles. The average molecular weight is 497 g/mol. The summed E-state index contributed by atoms with van der Waals surface area (Å²) in [6.45, 7) is 4.02. The predicted octanol–water partition coefficient (Wildman–Crippen LogP) is 3.18. The summed E-state index contributed by atoms with van der Waals surface area (Å²) in [6.07, 6.45) is 0.732. The number of halogens is 3. The van der Waals surface area contributed by atoms with Crippen molar-refractivity contribution in [3.8, 4) is 6.07 Å². The number of hydrogen-bond acceptors (Lipinski definition) is 6. The van der Waals surface area contributed by atoms with Gasteiger partial charge < -0.3 is 25.4 Å². The summed E-state index contributed by atoms with van der Waals surface area (Å²) in [5.74, 6) is -0.541. The van der Waals surface area contributed by atoms with Crippen LogP contribution in [0.25, 0.3) is 0 Å². The number of anilines is 1. The third-order valence-electron chi connectivity index (χ3n) is 4.89.